The molecule has 0 aliphatic carbocycles. The van der Waals surface area contributed by atoms with Crippen molar-refractivity contribution < 1.29 is 9.11 Å². The van der Waals surface area contributed by atoms with Gasteiger partial charge in [-0.25, -0.2) is 15.0 Å². The van der Waals surface area contributed by atoms with Gasteiger partial charge < -0.3 is 5.32 Å². The molecule has 1 aliphatic heterocycles. The summed E-state index contributed by atoms with van der Waals surface area (Å²) in [6.45, 7) is 4.92. The van der Waals surface area contributed by atoms with Crippen LogP contribution in [0.15, 0.2) is 42.9 Å². The Morgan fingerprint density at radius 2 is 1.77 bits per heavy atom. The normalized spacial score (nSPS) is 17.6. The van der Waals surface area contributed by atoms with E-state index in [1.54, 1.807) is 40.3 Å². The fraction of sp³-hybridized carbons (Fsp3) is 0.300. The lowest BCUT2D eigenvalue weighted by Gasteiger charge is -2.52. The predicted octanol–water partition coefficient (Wildman–Crippen LogP) is 4.02. The van der Waals surface area contributed by atoms with Crippen molar-refractivity contribution in [3.05, 3.63) is 54.4 Å². The Kier molecular flexibility index (Phi) is 5.56. The quantitative estimate of drug-likeness (QED) is 0.568. The van der Waals surface area contributed by atoms with E-state index in [1.165, 1.54) is 0 Å². The van der Waals surface area contributed by atoms with Crippen LogP contribution in [-0.4, -0.2) is 53.5 Å². The van der Waals surface area contributed by atoms with E-state index in [1.807, 2.05) is 32.0 Å². The van der Waals surface area contributed by atoms with E-state index in [0.29, 0.717) is 30.5 Å². The molecule has 0 atom stereocenters. The van der Waals surface area contributed by atoms with Crippen LogP contribution in [0.2, 0.25) is 0 Å². The minimum absolute atomic E-state index is 0.564. The van der Waals surface area contributed by atoms with E-state index in [4.69, 9.17) is 0 Å². The summed E-state index contributed by atoms with van der Waals surface area (Å²) in [5.41, 5.74) is 3.24. The SMILES string of the molecule is Cc1nccc(Nc2cc(-c3cnc(C)c(N4CCCN(C)S4(O)O)c3)ccn2)n1. The summed E-state index contributed by atoms with van der Waals surface area (Å²) in [6, 6.07) is 7.54. The van der Waals surface area contributed by atoms with Crippen LogP contribution >= 0.6 is 11.0 Å². The van der Waals surface area contributed by atoms with Crippen LogP contribution in [0.4, 0.5) is 17.3 Å². The first-order chi connectivity index (χ1) is 14.3. The molecule has 3 aromatic heterocycles. The van der Waals surface area contributed by atoms with Crippen LogP contribution in [0.1, 0.15) is 17.9 Å². The highest BCUT2D eigenvalue weighted by Crippen LogP contribution is 2.51. The van der Waals surface area contributed by atoms with Crippen molar-refractivity contribution in [1.82, 2.24) is 24.2 Å². The molecule has 1 fully saturated rings. The number of rotatable bonds is 4. The molecule has 0 radical (unpaired) electrons. The van der Waals surface area contributed by atoms with Crippen molar-refractivity contribution in [1.29, 1.82) is 0 Å². The number of nitrogens with zero attached hydrogens (tertiary/aromatic N) is 6. The summed E-state index contributed by atoms with van der Waals surface area (Å²) in [5, 5.41) is 3.19. The number of nitrogens with one attached hydrogen (secondary N) is 1. The Morgan fingerprint density at radius 1 is 0.967 bits per heavy atom. The second kappa shape index (κ2) is 8.15. The van der Waals surface area contributed by atoms with Crippen molar-refractivity contribution >= 4 is 28.3 Å². The fourth-order valence-electron chi connectivity index (χ4n) is 3.37. The molecule has 1 aliphatic rings. The third kappa shape index (κ3) is 4.08. The van der Waals surface area contributed by atoms with Crippen molar-refractivity contribution in [3.8, 4) is 11.1 Å². The summed E-state index contributed by atoms with van der Waals surface area (Å²) in [7, 11) is -1.32. The van der Waals surface area contributed by atoms with Gasteiger partial charge in [0.2, 0.25) is 0 Å². The number of hydrogen-bond donors (Lipinski definition) is 3. The van der Waals surface area contributed by atoms with Crippen LogP contribution in [0.3, 0.4) is 0 Å². The number of hydrogen-bond acceptors (Lipinski definition) is 9. The molecule has 3 aromatic rings. The van der Waals surface area contributed by atoms with Crippen molar-refractivity contribution in [2.45, 2.75) is 20.3 Å². The van der Waals surface area contributed by atoms with Gasteiger partial charge in [0.1, 0.15) is 17.5 Å². The fourth-order valence-corrected chi connectivity index (χ4v) is 4.90. The van der Waals surface area contributed by atoms with Gasteiger partial charge in [0, 0.05) is 44.3 Å². The molecular weight excluding hydrogens is 402 g/mol. The van der Waals surface area contributed by atoms with Gasteiger partial charge in [0.15, 0.2) is 0 Å². The molecule has 10 heteroatoms. The molecule has 0 spiro atoms. The minimum atomic E-state index is -3.04. The minimum Gasteiger partial charge on any atom is -0.325 e. The first-order valence-corrected chi connectivity index (χ1v) is 11.1. The molecule has 0 unspecified atom stereocenters. The molecule has 4 rings (SSSR count). The van der Waals surface area contributed by atoms with Gasteiger partial charge in [-0.05, 0) is 50.1 Å². The van der Waals surface area contributed by atoms with Crippen molar-refractivity contribution in [3.63, 3.8) is 0 Å². The lowest BCUT2D eigenvalue weighted by atomic mass is 10.1. The van der Waals surface area contributed by atoms with Gasteiger partial charge in [0.05, 0.1) is 11.4 Å². The number of aromatic nitrogens is 4. The zero-order valence-corrected chi connectivity index (χ0v) is 18.0. The average Bonchev–Trinajstić information content (AvgIpc) is 2.71. The molecule has 30 heavy (non-hydrogen) atoms. The van der Waals surface area contributed by atoms with Crippen LogP contribution in [-0.2, 0) is 0 Å². The zero-order chi connectivity index (χ0) is 21.3. The summed E-state index contributed by atoms with van der Waals surface area (Å²) in [4.78, 5) is 17.3. The topological polar surface area (TPSA) is 111 Å². The molecule has 3 N–H and O–H groups in total. The predicted molar refractivity (Wildman–Crippen MR) is 120 cm³/mol. The number of aryl methyl sites for hydroxylation is 2. The van der Waals surface area contributed by atoms with Crippen molar-refractivity contribution in [2.24, 2.45) is 0 Å². The lowest BCUT2D eigenvalue weighted by molar-refractivity contribution is 0.358. The van der Waals surface area contributed by atoms with E-state index in [9.17, 15) is 9.11 Å². The number of anilines is 3. The summed E-state index contributed by atoms with van der Waals surface area (Å²) < 4.78 is 24.7. The molecule has 0 saturated carbocycles. The molecule has 9 nitrogen and oxygen atoms in total. The highest BCUT2D eigenvalue weighted by Gasteiger charge is 2.33. The molecule has 158 valence electrons. The van der Waals surface area contributed by atoms with Gasteiger partial charge in [-0.3, -0.25) is 18.4 Å². The molecular formula is C20H25N7O2S. The second-order valence-electron chi connectivity index (χ2n) is 7.17. The Morgan fingerprint density at radius 3 is 2.57 bits per heavy atom. The Balaban J connectivity index is 1.66. The maximum absolute atomic E-state index is 10.7. The van der Waals surface area contributed by atoms with E-state index in [2.05, 4.69) is 25.3 Å². The lowest BCUT2D eigenvalue weighted by Crippen LogP contribution is -2.44. The Hall–Kier alpha value is -2.79. The molecule has 0 bridgehead atoms. The third-order valence-electron chi connectivity index (χ3n) is 5.00. The van der Waals surface area contributed by atoms with Gasteiger partial charge in [-0.1, -0.05) is 11.0 Å². The van der Waals surface area contributed by atoms with Crippen LogP contribution < -0.4 is 9.62 Å². The van der Waals surface area contributed by atoms with Gasteiger partial charge in [-0.2, -0.15) is 4.31 Å². The van der Waals surface area contributed by atoms with Gasteiger partial charge >= 0.3 is 0 Å². The molecule has 0 aromatic carbocycles. The maximum Gasteiger partial charge on any atom is 0.135 e. The second-order valence-corrected chi connectivity index (χ2v) is 9.21. The van der Waals surface area contributed by atoms with E-state index in [0.717, 1.165) is 28.9 Å². The first-order valence-electron chi connectivity index (χ1n) is 9.61. The third-order valence-corrected chi connectivity index (χ3v) is 6.99. The van der Waals surface area contributed by atoms with Crippen LogP contribution in [0.5, 0.6) is 0 Å². The maximum atomic E-state index is 10.7. The first kappa shape index (κ1) is 20.5. The molecule has 4 heterocycles. The monoisotopic (exact) mass is 427 g/mol. The Bertz CT molecular complexity index is 1060. The van der Waals surface area contributed by atoms with Gasteiger partial charge in [-0.15, -0.1) is 0 Å². The standard InChI is InChI=1S/C20H25N7O2S/c1-14-18(27-10-4-9-26(3)30(27,28)29)11-17(13-23-14)16-5-7-22-20(12-16)25-19-6-8-21-15(2)24-19/h5-8,11-13,28-29H,4,9-10H2,1-3H3,(H,21,22,24,25). The summed E-state index contributed by atoms with van der Waals surface area (Å²) >= 11 is 0. The van der Waals surface area contributed by atoms with E-state index < -0.39 is 11.0 Å². The van der Waals surface area contributed by atoms with Crippen molar-refractivity contribution in [2.75, 3.05) is 29.8 Å². The number of pyridine rings is 2. The van der Waals surface area contributed by atoms with Gasteiger partial charge in [0.25, 0.3) is 0 Å². The molecule has 1 saturated heterocycles. The largest absolute Gasteiger partial charge is 0.325 e. The zero-order valence-electron chi connectivity index (χ0n) is 17.1. The highest BCUT2D eigenvalue weighted by molar-refractivity contribution is 8.23. The molecule has 0 amide bonds. The highest BCUT2D eigenvalue weighted by atomic mass is 32.3. The smallest absolute Gasteiger partial charge is 0.135 e. The van der Waals surface area contributed by atoms with E-state index >= 15 is 0 Å². The average molecular weight is 428 g/mol. The van der Waals surface area contributed by atoms with Crippen LogP contribution in [0, 0.1) is 13.8 Å². The summed E-state index contributed by atoms with van der Waals surface area (Å²) in [5.74, 6) is 1.99. The Labute approximate surface area is 177 Å². The van der Waals surface area contributed by atoms with Crippen LogP contribution in [0.25, 0.3) is 11.1 Å². The van der Waals surface area contributed by atoms with E-state index in [-0.39, 0.29) is 0 Å². The summed E-state index contributed by atoms with van der Waals surface area (Å²) in [6.07, 6.45) is 6.04.